The van der Waals surface area contributed by atoms with Crippen LogP contribution in [0.4, 0.5) is 11.6 Å². The zero-order valence-corrected chi connectivity index (χ0v) is 12.7. The summed E-state index contributed by atoms with van der Waals surface area (Å²) in [4.78, 5) is 0. The molecule has 112 valence electrons. The molecular formula is C16H22N4O. The first-order chi connectivity index (χ1) is 10.3. The van der Waals surface area contributed by atoms with Gasteiger partial charge in [-0.1, -0.05) is 19.3 Å². The van der Waals surface area contributed by atoms with E-state index >= 15 is 0 Å². The van der Waals surface area contributed by atoms with Gasteiger partial charge >= 0.3 is 0 Å². The Hall–Kier alpha value is -2.04. The van der Waals surface area contributed by atoms with Gasteiger partial charge in [-0.3, -0.25) is 0 Å². The average Bonchev–Trinajstić information content (AvgIpc) is 2.90. The van der Waals surface area contributed by atoms with E-state index in [0.717, 1.165) is 23.2 Å². The molecule has 0 radical (unpaired) electrons. The molecule has 1 aliphatic rings. The Labute approximate surface area is 125 Å². The zero-order chi connectivity index (χ0) is 14.7. The molecule has 0 bridgehead atoms. The van der Waals surface area contributed by atoms with Gasteiger partial charge in [0.1, 0.15) is 11.6 Å². The van der Waals surface area contributed by atoms with Crippen LogP contribution in [-0.4, -0.2) is 21.9 Å². The number of hydrogen-bond acceptors (Lipinski definition) is 4. The van der Waals surface area contributed by atoms with Crippen LogP contribution < -0.4 is 10.1 Å². The summed E-state index contributed by atoms with van der Waals surface area (Å²) in [6.07, 6.45) is 6.42. The number of nitrogens with one attached hydrogen (secondary N) is 1. The van der Waals surface area contributed by atoms with Gasteiger partial charge in [-0.2, -0.15) is 0 Å². The van der Waals surface area contributed by atoms with Crippen molar-refractivity contribution in [3.05, 3.63) is 30.1 Å². The molecule has 1 aliphatic carbocycles. The smallest absolute Gasteiger partial charge is 0.228 e. The lowest BCUT2D eigenvalue weighted by molar-refractivity contribution is 0.415. The van der Waals surface area contributed by atoms with Crippen molar-refractivity contribution in [1.82, 2.24) is 14.8 Å². The van der Waals surface area contributed by atoms with Crippen LogP contribution in [0.5, 0.6) is 5.75 Å². The number of anilines is 2. The van der Waals surface area contributed by atoms with Gasteiger partial charge in [-0.15, -0.1) is 10.2 Å². The second-order valence-corrected chi connectivity index (χ2v) is 5.63. The van der Waals surface area contributed by atoms with Crippen molar-refractivity contribution >= 4 is 11.6 Å². The Balaban J connectivity index is 1.74. The molecule has 0 aliphatic heterocycles. The van der Waals surface area contributed by atoms with Gasteiger partial charge in [0.05, 0.1) is 7.11 Å². The first-order valence-corrected chi connectivity index (χ1v) is 7.58. The fourth-order valence-corrected chi connectivity index (χ4v) is 2.97. The van der Waals surface area contributed by atoms with Crippen molar-refractivity contribution in [2.24, 2.45) is 7.05 Å². The molecule has 2 aromatic rings. The van der Waals surface area contributed by atoms with Crippen LogP contribution >= 0.6 is 0 Å². The monoisotopic (exact) mass is 286 g/mol. The molecule has 1 aromatic carbocycles. The van der Waals surface area contributed by atoms with Gasteiger partial charge < -0.3 is 14.6 Å². The predicted molar refractivity (Wildman–Crippen MR) is 83.1 cm³/mol. The highest BCUT2D eigenvalue weighted by Crippen LogP contribution is 2.32. The van der Waals surface area contributed by atoms with Crippen molar-refractivity contribution in [3.63, 3.8) is 0 Å². The number of nitrogens with zero attached hydrogens (tertiary/aromatic N) is 3. The summed E-state index contributed by atoms with van der Waals surface area (Å²) in [5.74, 6) is 3.30. The standard InChI is InChI=1S/C16H22N4O/c1-20-15(12-6-4-3-5-7-12)18-19-16(20)17-13-8-10-14(21-2)11-9-13/h8-12H,3-7H2,1-2H3,(H,17,19). The fraction of sp³-hybridized carbons (Fsp3) is 0.500. The van der Waals surface area contributed by atoms with Gasteiger partial charge in [0.15, 0.2) is 0 Å². The van der Waals surface area contributed by atoms with Crippen LogP contribution in [0.2, 0.25) is 0 Å². The Morgan fingerprint density at radius 3 is 2.48 bits per heavy atom. The van der Waals surface area contributed by atoms with E-state index in [-0.39, 0.29) is 0 Å². The molecule has 5 heteroatoms. The molecule has 0 unspecified atom stereocenters. The summed E-state index contributed by atoms with van der Waals surface area (Å²) in [7, 11) is 3.71. The van der Waals surface area contributed by atoms with Gasteiger partial charge in [-0.05, 0) is 37.1 Å². The number of benzene rings is 1. The summed E-state index contributed by atoms with van der Waals surface area (Å²) in [6.45, 7) is 0. The molecule has 1 aromatic heterocycles. The average molecular weight is 286 g/mol. The third-order valence-electron chi connectivity index (χ3n) is 4.23. The van der Waals surface area contributed by atoms with Gasteiger partial charge in [0.25, 0.3) is 0 Å². The molecule has 3 rings (SSSR count). The third kappa shape index (κ3) is 3.01. The molecule has 1 saturated carbocycles. The summed E-state index contributed by atoms with van der Waals surface area (Å²) in [5.41, 5.74) is 0.987. The summed E-state index contributed by atoms with van der Waals surface area (Å²) in [6, 6.07) is 7.82. The van der Waals surface area contributed by atoms with Gasteiger partial charge in [0.2, 0.25) is 5.95 Å². The molecule has 1 N–H and O–H groups in total. The lowest BCUT2D eigenvalue weighted by Crippen LogP contribution is -2.11. The minimum Gasteiger partial charge on any atom is -0.497 e. The summed E-state index contributed by atoms with van der Waals surface area (Å²) in [5, 5.41) is 12.0. The topological polar surface area (TPSA) is 52.0 Å². The van der Waals surface area contributed by atoms with Crippen molar-refractivity contribution in [2.75, 3.05) is 12.4 Å². The van der Waals surface area contributed by atoms with E-state index in [0.29, 0.717) is 5.92 Å². The van der Waals surface area contributed by atoms with Crippen molar-refractivity contribution in [3.8, 4) is 5.75 Å². The van der Waals surface area contributed by atoms with Crippen molar-refractivity contribution in [1.29, 1.82) is 0 Å². The second-order valence-electron chi connectivity index (χ2n) is 5.63. The molecule has 1 fully saturated rings. The van der Waals surface area contributed by atoms with Crippen LogP contribution in [0.25, 0.3) is 0 Å². The lowest BCUT2D eigenvalue weighted by atomic mass is 9.89. The maximum atomic E-state index is 5.17. The molecule has 0 spiro atoms. The van der Waals surface area contributed by atoms with Crippen LogP contribution in [0.15, 0.2) is 24.3 Å². The van der Waals surface area contributed by atoms with Crippen LogP contribution in [0, 0.1) is 0 Å². The summed E-state index contributed by atoms with van der Waals surface area (Å²) >= 11 is 0. The van der Waals surface area contributed by atoms with E-state index in [4.69, 9.17) is 4.74 Å². The minimum atomic E-state index is 0.558. The van der Waals surface area contributed by atoms with Crippen molar-refractivity contribution in [2.45, 2.75) is 38.0 Å². The molecule has 21 heavy (non-hydrogen) atoms. The number of ether oxygens (including phenoxy) is 1. The Kier molecular flexibility index (Phi) is 4.08. The Morgan fingerprint density at radius 2 is 1.81 bits per heavy atom. The minimum absolute atomic E-state index is 0.558. The highest BCUT2D eigenvalue weighted by molar-refractivity contribution is 5.54. The molecular weight excluding hydrogens is 264 g/mol. The Bertz CT molecular complexity index is 585. The first kappa shape index (κ1) is 13.9. The van der Waals surface area contributed by atoms with Crippen LogP contribution in [0.3, 0.4) is 0 Å². The van der Waals surface area contributed by atoms with Crippen LogP contribution in [-0.2, 0) is 7.05 Å². The SMILES string of the molecule is COc1ccc(Nc2nnc(C3CCCCC3)n2C)cc1. The van der Waals surface area contributed by atoms with E-state index in [1.54, 1.807) is 7.11 Å². The Morgan fingerprint density at radius 1 is 1.10 bits per heavy atom. The van der Waals surface area contributed by atoms with Crippen LogP contribution in [0.1, 0.15) is 43.8 Å². The normalized spacial score (nSPS) is 15.9. The quantitative estimate of drug-likeness (QED) is 0.932. The third-order valence-corrected chi connectivity index (χ3v) is 4.23. The number of rotatable bonds is 4. The van der Waals surface area contributed by atoms with Gasteiger partial charge in [-0.25, -0.2) is 0 Å². The number of hydrogen-bond donors (Lipinski definition) is 1. The first-order valence-electron chi connectivity index (χ1n) is 7.58. The maximum absolute atomic E-state index is 5.17. The van der Waals surface area contributed by atoms with E-state index in [9.17, 15) is 0 Å². The molecule has 1 heterocycles. The number of aromatic nitrogens is 3. The predicted octanol–water partition coefficient (Wildman–Crippen LogP) is 3.62. The molecule has 0 saturated heterocycles. The fourth-order valence-electron chi connectivity index (χ4n) is 2.97. The van der Waals surface area contributed by atoms with Gasteiger partial charge in [0, 0.05) is 18.7 Å². The molecule has 0 atom stereocenters. The highest BCUT2D eigenvalue weighted by Gasteiger charge is 2.21. The lowest BCUT2D eigenvalue weighted by Gasteiger charge is -2.20. The van der Waals surface area contributed by atoms with E-state index < -0.39 is 0 Å². The van der Waals surface area contributed by atoms with Crippen molar-refractivity contribution < 1.29 is 4.74 Å². The van der Waals surface area contributed by atoms with E-state index in [2.05, 4.69) is 20.1 Å². The highest BCUT2D eigenvalue weighted by atomic mass is 16.5. The van der Waals surface area contributed by atoms with E-state index in [1.807, 2.05) is 31.3 Å². The number of methoxy groups -OCH3 is 1. The second kappa shape index (κ2) is 6.16. The summed E-state index contributed by atoms with van der Waals surface area (Å²) < 4.78 is 7.25. The maximum Gasteiger partial charge on any atom is 0.228 e. The van der Waals surface area contributed by atoms with E-state index in [1.165, 1.54) is 32.1 Å². The molecule has 5 nitrogen and oxygen atoms in total. The largest absolute Gasteiger partial charge is 0.497 e. The molecule has 0 amide bonds. The zero-order valence-electron chi connectivity index (χ0n) is 12.7.